The summed E-state index contributed by atoms with van der Waals surface area (Å²) < 4.78 is 10.1. The van der Waals surface area contributed by atoms with Crippen molar-refractivity contribution in [3.05, 3.63) is 12.7 Å². The van der Waals surface area contributed by atoms with Crippen molar-refractivity contribution in [3.8, 4) is 0 Å². The number of hydrogen-bond acceptors (Lipinski definition) is 3. The fraction of sp³-hybridized carbons (Fsp3) is 0.667. The first-order chi connectivity index (χ1) is 6.29. The Hall–Kier alpha value is -0.870. The van der Waals surface area contributed by atoms with Crippen molar-refractivity contribution in [1.82, 2.24) is 4.90 Å². The van der Waals surface area contributed by atoms with Crippen molar-refractivity contribution in [3.63, 3.8) is 0 Å². The van der Waals surface area contributed by atoms with Gasteiger partial charge in [0.1, 0.15) is 0 Å². The molecule has 2 fully saturated rings. The van der Waals surface area contributed by atoms with Crippen molar-refractivity contribution in [2.75, 3.05) is 26.3 Å². The molecule has 13 heavy (non-hydrogen) atoms. The smallest absolute Gasteiger partial charge is 0.246 e. The van der Waals surface area contributed by atoms with Gasteiger partial charge in [0.2, 0.25) is 5.91 Å². The zero-order valence-corrected chi connectivity index (χ0v) is 7.44. The number of epoxide rings is 2. The van der Waals surface area contributed by atoms with Gasteiger partial charge in [0, 0.05) is 13.1 Å². The van der Waals surface area contributed by atoms with E-state index in [4.69, 9.17) is 9.47 Å². The molecular weight excluding hydrogens is 170 g/mol. The molecular formula is C9H13NO3. The van der Waals surface area contributed by atoms with Crippen LogP contribution < -0.4 is 0 Å². The standard InChI is InChI=1S/C9H13NO3/c1-2-9(11)10(3-7-5-12-7)4-8-6-13-8/h2,7-8H,1,3-6H2. The van der Waals surface area contributed by atoms with Crippen LogP contribution in [0.1, 0.15) is 0 Å². The highest BCUT2D eigenvalue weighted by Crippen LogP contribution is 2.15. The van der Waals surface area contributed by atoms with Crippen molar-refractivity contribution in [1.29, 1.82) is 0 Å². The molecule has 2 saturated heterocycles. The summed E-state index contributed by atoms with van der Waals surface area (Å²) in [5, 5.41) is 0. The topological polar surface area (TPSA) is 45.4 Å². The molecule has 0 aromatic rings. The van der Waals surface area contributed by atoms with Crippen LogP contribution in [0.3, 0.4) is 0 Å². The van der Waals surface area contributed by atoms with Crippen LogP contribution in [0.5, 0.6) is 0 Å². The summed E-state index contributed by atoms with van der Waals surface area (Å²) in [5.74, 6) is -0.0361. The number of ether oxygens (including phenoxy) is 2. The Labute approximate surface area is 77.1 Å². The molecule has 2 unspecified atom stereocenters. The summed E-state index contributed by atoms with van der Waals surface area (Å²) >= 11 is 0. The molecule has 0 spiro atoms. The first-order valence-electron chi connectivity index (χ1n) is 4.44. The Morgan fingerprint density at radius 1 is 1.38 bits per heavy atom. The molecule has 0 bridgehead atoms. The molecule has 2 heterocycles. The van der Waals surface area contributed by atoms with E-state index < -0.39 is 0 Å². The first kappa shape index (κ1) is 8.72. The van der Waals surface area contributed by atoms with Gasteiger partial charge in [-0.25, -0.2) is 0 Å². The van der Waals surface area contributed by atoms with Crippen molar-refractivity contribution in [2.45, 2.75) is 12.2 Å². The summed E-state index contributed by atoms with van der Waals surface area (Å²) in [7, 11) is 0. The minimum absolute atomic E-state index is 0.0361. The second kappa shape index (κ2) is 3.47. The molecule has 2 aliphatic heterocycles. The van der Waals surface area contributed by atoms with E-state index in [2.05, 4.69) is 6.58 Å². The van der Waals surface area contributed by atoms with E-state index in [9.17, 15) is 4.79 Å². The monoisotopic (exact) mass is 183 g/mol. The largest absolute Gasteiger partial charge is 0.371 e. The SMILES string of the molecule is C=CC(=O)N(CC1CO1)CC1CO1. The van der Waals surface area contributed by atoms with Gasteiger partial charge >= 0.3 is 0 Å². The van der Waals surface area contributed by atoms with Gasteiger partial charge in [-0.2, -0.15) is 0 Å². The van der Waals surface area contributed by atoms with Crippen LogP contribution in [0.15, 0.2) is 12.7 Å². The maximum absolute atomic E-state index is 11.3. The third-order valence-electron chi connectivity index (χ3n) is 2.14. The van der Waals surface area contributed by atoms with Crippen molar-refractivity contribution < 1.29 is 14.3 Å². The number of carbonyl (C=O) groups excluding carboxylic acids is 1. The molecule has 0 radical (unpaired) electrons. The minimum Gasteiger partial charge on any atom is -0.371 e. The van der Waals surface area contributed by atoms with Gasteiger partial charge in [0.25, 0.3) is 0 Å². The fourth-order valence-electron chi connectivity index (χ4n) is 1.22. The molecule has 2 aliphatic rings. The quantitative estimate of drug-likeness (QED) is 0.438. The molecule has 2 atom stereocenters. The van der Waals surface area contributed by atoms with Gasteiger partial charge in [-0.05, 0) is 6.08 Å². The molecule has 0 aromatic heterocycles. The maximum atomic E-state index is 11.3. The predicted molar refractivity (Wildman–Crippen MR) is 46.3 cm³/mol. The van der Waals surface area contributed by atoms with Crippen LogP contribution >= 0.6 is 0 Å². The van der Waals surface area contributed by atoms with E-state index in [-0.39, 0.29) is 18.1 Å². The summed E-state index contributed by atoms with van der Waals surface area (Å²) in [6, 6.07) is 0. The third-order valence-corrected chi connectivity index (χ3v) is 2.14. The molecule has 1 amide bonds. The average molecular weight is 183 g/mol. The van der Waals surface area contributed by atoms with E-state index in [1.54, 1.807) is 4.90 Å². The van der Waals surface area contributed by atoms with Crippen LogP contribution in [0, 0.1) is 0 Å². The van der Waals surface area contributed by atoms with Crippen molar-refractivity contribution in [2.24, 2.45) is 0 Å². The van der Waals surface area contributed by atoms with Gasteiger partial charge in [0.05, 0.1) is 25.4 Å². The number of nitrogens with zero attached hydrogens (tertiary/aromatic N) is 1. The van der Waals surface area contributed by atoms with Crippen molar-refractivity contribution >= 4 is 5.91 Å². The van der Waals surface area contributed by atoms with Crippen LogP contribution in [-0.2, 0) is 14.3 Å². The Bertz CT molecular complexity index is 207. The van der Waals surface area contributed by atoms with Gasteiger partial charge in [-0.15, -0.1) is 0 Å². The van der Waals surface area contributed by atoms with Gasteiger partial charge < -0.3 is 14.4 Å². The van der Waals surface area contributed by atoms with E-state index in [0.717, 1.165) is 13.2 Å². The summed E-state index contributed by atoms with van der Waals surface area (Å²) in [4.78, 5) is 13.1. The zero-order chi connectivity index (χ0) is 9.26. The highest BCUT2D eigenvalue weighted by atomic mass is 16.6. The molecule has 72 valence electrons. The molecule has 4 heteroatoms. The number of amides is 1. The number of hydrogen-bond donors (Lipinski definition) is 0. The normalized spacial score (nSPS) is 29.5. The first-order valence-corrected chi connectivity index (χ1v) is 4.44. The summed E-state index contributed by atoms with van der Waals surface area (Å²) in [6.07, 6.45) is 1.82. The Morgan fingerprint density at radius 2 is 1.85 bits per heavy atom. The lowest BCUT2D eigenvalue weighted by molar-refractivity contribution is -0.126. The lowest BCUT2D eigenvalue weighted by Gasteiger charge is -2.18. The average Bonchev–Trinajstić information content (AvgIpc) is 2.94. The summed E-state index contributed by atoms with van der Waals surface area (Å²) in [6.45, 7) is 6.35. The van der Waals surface area contributed by atoms with Gasteiger partial charge in [-0.3, -0.25) is 4.79 Å². The summed E-state index contributed by atoms with van der Waals surface area (Å²) in [5.41, 5.74) is 0. The van der Waals surface area contributed by atoms with E-state index in [1.165, 1.54) is 6.08 Å². The van der Waals surface area contributed by atoms with E-state index in [0.29, 0.717) is 13.1 Å². The highest BCUT2D eigenvalue weighted by molar-refractivity contribution is 5.87. The second-order valence-corrected chi connectivity index (χ2v) is 3.36. The second-order valence-electron chi connectivity index (χ2n) is 3.36. The zero-order valence-electron chi connectivity index (χ0n) is 7.44. The van der Waals surface area contributed by atoms with E-state index in [1.807, 2.05) is 0 Å². The van der Waals surface area contributed by atoms with Crippen LogP contribution in [0.4, 0.5) is 0 Å². The highest BCUT2D eigenvalue weighted by Gasteiger charge is 2.32. The Balaban J connectivity index is 1.83. The molecule has 0 aromatic carbocycles. The van der Waals surface area contributed by atoms with Gasteiger partial charge in [0.15, 0.2) is 0 Å². The molecule has 0 saturated carbocycles. The van der Waals surface area contributed by atoms with Crippen LogP contribution in [0.25, 0.3) is 0 Å². The van der Waals surface area contributed by atoms with Crippen LogP contribution in [-0.4, -0.2) is 49.3 Å². The fourth-order valence-corrected chi connectivity index (χ4v) is 1.22. The number of carbonyl (C=O) groups is 1. The molecule has 0 N–H and O–H groups in total. The van der Waals surface area contributed by atoms with Crippen LogP contribution in [0.2, 0.25) is 0 Å². The van der Waals surface area contributed by atoms with Gasteiger partial charge in [-0.1, -0.05) is 6.58 Å². The Morgan fingerprint density at radius 3 is 2.15 bits per heavy atom. The minimum atomic E-state index is -0.0361. The molecule has 0 aliphatic carbocycles. The number of rotatable bonds is 5. The maximum Gasteiger partial charge on any atom is 0.246 e. The van der Waals surface area contributed by atoms with E-state index >= 15 is 0 Å². The third kappa shape index (κ3) is 2.54. The lowest BCUT2D eigenvalue weighted by atomic mass is 10.3. The Kier molecular flexibility index (Phi) is 2.33. The molecule has 4 nitrogen and oxygen atoms in total. The predicted octanol–water partition coefficient (Wildman–Crippen LogP) is -0.201. The molecule has 2 rings (SSSR count). The lowest BCUT2D eigenvalue weighted by Crippen LogP contribution is -2.36.